The standard InChI is InChI=1S/C18H19NO4/c1-5-18-11(2)10-15(23-12(3)20)16(18)19(17(18)21)13-6-8-14(22-4)9-7-13/h5-9,15-16H,1-2,10H2,3-4H3/t15-,16+,18-/m0/s1. The van der Waals surface area contributed by atoms with Crippen LogP contribution in [0.25, 0.3) is 0 Å². The first-order chi connectivity index (χ1) is 11.0. The summed E-state index contributed by atoms with van der Waals surface area (Å²) in [6, 6.07) is 6.92. The van der Waals surface area contributed by atoms with Gasteiger partial charge in [-0.1, -0.05) is 18.2 Å². The lowest BCUT2D eigenvalue weighted by Gasteiger charge is -2.52. The molecule has 1 aliphatic heterocycles. The van der Waals surface area contributed by atoms with E-state index in [1.165, 1.54) is 6.92 Å². The van der Waals surface area contributed by atoms with Crippen LogP contribution in [0.15, 0.2) is 49.1 Å². The van der Waals surface area contributed by atoms with Crippen LogP contribution in [0.2, 0.25) is 0 Å². The van der Waals surface area contributed by atoms with Gasteiger partial charge < -0.3 is 14.4 Å². The predicted octanol–water partition coefficient (Wildman–Crippen LogP) is 2.47. The first-order valence-electron chi connectivity index (χ1n) is 7.42. The molecule has 2 aliphatic rings. The van der Waals surface area contributed by atoms with E-state index in [1.54, 1.807) is 30.2 Å². The Morgan fingerprint density at radius 2 is 2.04 bits per heavy atom. The fourth-order valence-corrected chi connectivity index (χ4v) is 3.63. The minimum Gasteiger partial charge on any atom is -0.497 e. The minimum absolute atomic E-state index is 0.0812. The summed E-state index contributed by atoms with van der Waals surface area (Å²) in [5.41, 5.74) is 0.656. The van der Waals surface area contributed by atoms with Gasteiger partial charge >= 0.3 is 5.97 Å². The third kappa shape index (κ3) is 2.00. The smallest absolute Gasteiger partial charge is 0.302 e. The monoisotopic (exact) mass is 313 g/mol. The van der Waals surface area contributed by atoms with Crippen molar-refractivity contribution >= 4 is 17.6 Å². The zero-order valence-corrected chi connectivity index (χ0v) is 13.2. The van der Waals surface area contributed by atoms with Crippen LogP contribution in [0, 0.1) is 5.41 Å². The molecule has 0 bridgehead atoms. The van der Waals surface area contributed by atoms with Gasteiger partial charge in [0.25, 0.3) is 0 Å². The van der Waals surface area contributed by atoms with Crippen molar-refractivity contribution in [2.45, 2.75) is 25.5 Å². The number of β-lactam (4-membered cyclic amide) rings is 1. The Hall–Kier alpha value is -2.56. The first-order valence-corrected chi connectivity index (χ1v) is 7.42. The number of hydrogen-bond acceptors (Lipinski definition) is 4. The second-order valence-corrected chi connectivity index (χ2v) is 5.85. The van der Waals surface area contributed by atoms with Gasteiger partial charge in [0.2, 0.25) is 5.91 Å². The Balaban J connectivity index is 1.98. The van der Waals surface area contributed by atoms with E-state index in [2.05, 4.69) is 13.2 Å². The molecule has 0 radical (unpaired) electrons. The Morgan fingerprint density at radius 3 is 2.57 bits per heavy atom. The van der Waals surface area contributed by atoms with Crippen LogP contribution in [0.5, 0.6) is 5.75 Å². The van der Waals surface area contributed by atoms with E-state index >= 15 is 0 Å². The van der Waals surface area contributed by atoms with Gasteiger partial charge in [0, 0.05) is 19.0 Å². The number of fused-ring (bicyclic) bond motifs is 1. The molecule has 2 fully saturated rings. The minimum atomic E-state index is -0.833. The van der Waals surface area contributed by atoms with Crippen molar-refractivity contribution in [3.63, 3.8) is 0 Å². The fourth-order valence-electron chi connectivity index (χ4n) is 3.63. The molecule has 1 aliphatic carbocycles. The highest BCUT2D eigenvalue weighted by Gasteiger charge is 2.68. The Labute approximate surface area is 135 Å². The number of nitrogens with zero attached hydrogens (tertiary/aromatic N) is 1. The highest BCUT2D eigenvalue weighted by molar-refractivity contribution is 6.10. The third-order valence-electron chi connectivity index (χ3n) is 4.69. The van der Waals surface area contributed by atoms with Crippen LogP contribution >= 0.6 is 0 Å². The number of benzene rings is 1. The third-order valence-corrected chi connectivity index (χ3v) is 4.69. The van der Waals surface area contributed by atoms with E-state index in [4.69, 9.17) is 9.47 Å². The summed E-state index contributed by atoms with van der Waals surface area (Å²) in [5.74, 6) is 0.267. The average molecular weight is 313 g/mol. The summed E-state index contributed by atoms with van der Waals surface area (Å²) >= 11 is 0. The molecule has 120 valence electrons. The molecular formula is C18H19NO4. The topological polar surface area (TPSA) is 55.8 Å². The summed E-state index contributed by atoms with van der Waals surface area (Å²) in [7, 11) is 1.59. The summed E-state index contributed by atoms with van der Waals surface area (Å²) in [4.78, 5) is 25.9. The number of hydrogen-bond donors (Lipinski definition) is 0. The molecular weight excluding hydrogens is 294 g/mol. The molecule has 1 heterocycles. The number of anilines is 1. The summed E-state index contributed by atoms with van der Waals surface area (Å²) < 4.78 is 10.6. The van der Waals surface area contributed by atoms with Crippen molar-refractivity contribution in [1.82, 2.24) is 0 Å². The van der Waals surface area contributed by atoms with Gasteiger partial charge in [-0.15, -0.1) is 6.58 Å². The molecule has 5 heteroatoms. The lowest BCUT2D eigenvalue weighted by Crippen LogP contribution is -2.69. The first kappa shape index (κ1) is 15.3. The number of rotatable bonds is 4. The van der Waals surface area contributed by atoms with E-state index in [-0.39, 0.29) is 17.9 Å². The Bertz CT molecular complexity index is 693. The molecule has 1 saturated heterocycles. The van der Waals surface area contributed by atoms with Gasteiger partial charge in [-0.05, 0) is 24.3 Å². The maximum atomic E-state index is 12.8. The van der Waals surface area contributed by atoms with Crippen LogP contribution < -0.4 is 9.64 Å². The van der Waals surface area contributed by atoms with E-state index in [1.807, 2.05) is 12.1 Å². The molecule has 1 amide bonds. The largest absolute Gasteiger partial charge is 0.497 e. The zero-order valence-electron chi connectivity index (χ0n) is 13.2. The number of esters is 1. The molecule has 23 heavy (non-hydrogen) atoms. The van der Waals surface area contributed by atoms with Crippen molar-refractivity contribution in [1.29, 1.82) is 0 Å². The number of carbonyl (C=O) groups excluding carboxylic acids is 2. The van der Waals surface area contributed by atoms with Crippen LogP contribution in [-0.2, 0) is 14.3 Å². The second kappa shape index (κ2) is 5.26. The normalized spacial score (nSPS) is 28.9. The maximum Gasteiger partial charge on any atom is 0.302 e. The van der Waals surface area contributed by atoms with Crippen molar-refractivity contribution < 1.29 is 19.1 Å². The van der Waals surface area contributed by atoms with Crippen LogP contribution in [0.1, 0.15) is 13.3 Å². The molecule has 0 unspecified atom stereocenters. The summed E-state index contributed by atoms with van der Waals surface area (Å²) in [6.07, 6.45) is 1.69. The van der Waals surface area contributed by atoms with Crippen molar-refractivity contribution in [2.75, 3.05) is 12.0 Å². The fraction of sp³-hybridized carbons (Fsp3) is 0.333. The van der Waals surface area contributed by atoms with Crippen LogP contribution in [-0.4, -0.2) is 31.1 Å². The Morgan fingerprint density at radius 1 is 1.39 bits per heavy atom. The van der Waals surface area contributed by atoms with Gasteiger partial charge in [0.15, 0.2) is 0 Å². The van der Waals surface area contributed by atoms with Crippen molar-refractivity contribution in [3.8, 4) is 5.75 Å². The second-order valence-electron chi connectivity index (χ2n) is 5.85. The molecule has 3 rings (SSSR count). The SMILES string of the molecule is C=C[C@]12C(=C)C[C@H](OC(C)=O)[C@H]1N(c1ccc(OC)cc1)C2=O. The molecule has 5 nitrogen and oxygen atoms in total. The van der Waals surface area contributed by atoms with Crippen molar-refractivity contribution in [2.24, 2.45) is 5.41 Å². The highest BCUT2D eigenvalue weighted by Crippen LogP contribution is 2.56. The maximum absolute atomic E-state index is 12.8. The number of carbonyl (C=O) groups is 2. The number of methoxy groups -OCH3 is 1. The van der Waals surface area contributed by atoms with E-state index in [9.17, 15) is 9.59 Å². The summed E-state index contributed by atoms with van der Waals surface area (Å²) in [5, 5.41) is 0. The molecule has 0 N–H and O–H groups in total. The van der Waals surface area contributed by atoms with Gasteiger partial charge in [0.05, 0.1) is 13.2 Å². The highest BCUT2D eigenvalue weighted by atomic mass is 16.5. The molecule has 0 spiro atoms. The van der Waals surface area contributed by atoms with E-state index < -0.39 is 11.5 Å². The molecule has 3 atom stereocenters. The molecule has 0 aromatic heterocycles. The zero-order chi connectivity index (χ0) is 16.8. The van der Waals surface area contributed by atoms with Gasteiger partial charge in [-0.25, -0.2) is 0 Å². The predicted molar refractivity (Wildman–Crippen MR) is 86.2 cm³/mol. The number of ether oxygens (including phenoxy) is 2. The van der Waals surface area contributed by atoms with Gasteiger partial charge in [0.1, 0.15) is 17.3 Å². The van der Waals surface area contributed by atoms with Crippen molar-refractivity contribution in [3.05, 3.63) is 49.1 Å². The quantitative estimate of drug-likeness (QED) is 0.487. The Kier molecular flexibility index (Phi) is 3.51. The molecule has 1 aromatic carbocycles. The van der Waals surface area contributed by atoms with Crippen LogP contribution in [0.3, 0.4) is 0 Å². The lowest BCUT2D eigenvalue weighted by atomic mass is 9.70. The van der Waals surface area contributed by atoms with Crippen LogP contribution in [0.4, 0.5) is 5.69 Å². The number of amides is 1. The average Bonchev–Trinajstić information content (AvgIpc) is 2.75. The van der Waals surface area contributed by atoms with Gasteiger partial charge in [-0.2, -0.15) is 0 Å². The van der Waals surface area contributed by atoms with E-state index in [0.717, 1.165) is 11.3 Å². The molecule has 1 aromatic rings. The van der Waals surface area contributed by atoms with Gasteiger partial charge in [-0.3, -0.25) is 9.59 Å². The summed E-state index contributed by atoms with van der Waals surface area (Å²) in [6.45, 7) is 9.20. The van der Waals surface area contributed by atoms with E-state index in [0.29, 0.717) is 12.2 Å². The lowest BCUT2D eigenvalue weighted by molar-refractivity contribution is -0.151. The molecule has 1 saturated carbocycles.